The van der Waals surface area contributed by atoms with E-state index in [1.807, 2.05) is 0 Å². The maximum absolute atomic E-state index is 7.20. The van der Waals surface area contributed by atoms with Gasteiger partial charge in [0, 0.05) is 32.6 Å². The van der Waals surface area contributed by atoms with Gasteiger partial charge in [-0.3, -0.25) is 0 Å². The molecule has 2 aromatic rings. The molecule has 3 heteroatoms. The van der Waals surface area contributed by atoms with Gasteiger partial charge in [-0.1, -0.05) is 48.6 Å². The fraction of sp³-hybridized carbons (Fsp3) is 0.304. The SMILES string of the molecule is Cc1ccc(C)c2c1C=CC2(Cl)CC1(Cl)C=Cc2c(C)ccc(C)c21.[Zr]. The number of benzene rings is 2. The molecule has 0 amide bonds. The minimum atomic E-state index is -0.574. The number of halogens is 2. The molecule has 0 bridgehead atoms. The van der Waals surface area contributed by atoms with Crippen molar-refractivity contribution in [1.82, 2.24) is 0 Å². The van der Waals surface area contributed by atoms with Gasteiger partial charge < -0.3 is 0 Å². The molecule has 0 spiro atoms. The second-order valence-corrected chi connectivity index (χ2v) is 8.89. The first-order valence-electron chi connectivity index (χ1n) is 8.73. The number of hydrogen-bond donors (Lipinski definition) is 0. The van der Waals surface area contributed by atoms with Crippen LogP contribution in [-0.4, -0.2) is 0 Å². The van der Waals surface area contributed by atoms with Gasteiger partial charge in [0.2, 0.25) is 0 Å². The van der Waals surface area contributed by atoms with Gasteiger partial charge in [-0.15, -0.1) is 23.2 Å². The van der Waals surface area contributed by atoms with Crippen molar-refractivity contribution >= 4 is 35.4 Å². The normalized spacial score (nSPS) is 25.2. The van der Waals surface area contributed by atoms with E-state index in [4.69, 9.17) is 23.2 Å². The monoisotopic (exact) mass is 458 g/mol. The maximum atomic E-state index is 7.20. The number of fused-ring (bicyclic) bond motifs is 2. The first-order chi connectivity index (χ1) is 11.8. The number of rotatable bonds is 2. The Morgan fingerprint density at radius 1 is 0.654 bits per heavy atom. The minimum absolute atomic E-state index is 0. The molecule has 0 heterocycles. The molecular weight excluding hydrogens is 438 g/mol. The van der Waals surface area contributed by atoms with Crippen LogP contribution in [0.4, 0.5) is 0 Å². The largest absolute Gasteiger partial charge is 0.109 e. The van der Waals surface area contributed by atoms with E-state index >= 15 is 0 Å². The van der Waals surface area contributed by atoms with Gasteiger partial charge in [-0.05, 0) is 72.2 Å². The molecule has 0 N–H and O–H groups in total. The van der Waals surface area contributed by atoms with Gasteiger partial charge in [-0.25, -0.2) is 0 Å². The standard InChI is InChI=1S/C23H22Cl2.Zr/c1-14-5-7-16(3)20-18(14)9-11-22(20,24)13-23(25)12-10-19-15(2)6-8-17(4)21(19)23;/h5-12H,13H2,1-4H3;. The van der Waals surface area contributed by atoms with Crippen LogP contribution >= 0.6 is 23.2 Å². The molecule has 4 rings (SSSR count). The molecule has 0 fully saturated rings. The van der Waals surface area contributed by atoms with E-state index in [1.54, 1.807) is 0 Å². The summed E-state index contributed by atoms with van der Waals surface area (Å²) in [5, 5.41) is 0. The van der Waals surface area contributed by atoms with Crippen LogP contribution in [-0.2, 0) is 36.0 Å². The van der Waals surface area contributed by atoms with E-state index in [0.717, 1.165) is 0 Å². The smallest absolute Gasteiger partial charge is 0.0909 e. The Balaban J connectivity index is 0.00000196. The molecular formula is C23H22Cl2Zr. The summed E-state index contributed by atoms with van der Waals surface area (Å²) in [6.07, 6.45) is 9.21. The van der Waals surface area contributed by atoms with Crippen LogP contribution in [0.15, 0.2) is 36.4 Å². The average molecular weight is 461 g/mol. The van der Waals surface area contributed by atoms with Gasteiger partial charge in [0.05, 0.1) is 9.75 Å². The Morgan fingerprint density at radius 3 is 1.38 bits per heavy atom. The Hall–Kier alpha value is -0.617. The van der Waals surface area contributed by atoms with Crippen LogP contribution in [0.25, 0.3) is 12.2 Å². The summed E-state index contributed by atoms with van der Waals surface area (Å²) in [7, 11) is 0. The Kier molecular flexibility index (Phi) is 5.24. The summed E-state index contributed by atoms with van der Waals surface area (Å²) < 4.78 is 0. The molecule has 26 heavy (non-hydrogen) atoms. The Labute approximate surface area is 185 Å². The zero-order valence-corrected chi connectivity index (χ0v) is 19.6. The summed E-state index contributed by atoms with van der Waals surface area (Å²) in [5.74, 6) is 0. The summed E-state index contributed by atoms with van der Waals surface area (Å²) in [4.78, 5) is -1.15. The first kappa shape index (κ1) is 20.1. The molecule has 0 saturated heterocycles. The van der Waals surface area contributed by atoms with Crippen LogP contribution in [0.2, 0.25) is 0 Å². The van der Waals surface area contributed by atoms with Crippen LogP contribution in [0.3, 0.4) is 0 Å². The van der Waals surface area contributed by atoms with Crippen molar-refractivity contribution in [2.24, 2.45) is 0 Å². The van der Waals surface area contributed by atoms with Gasteiger partial charge in [0.15, 0.2) is 0 Å². The number of aryl methyl sites for hydroxylation is 4. The van der Waals surface area contributed by atoms with Crippen molar-refractivity contribution in [3.8, 4) is 0 Å². The van der Waals surface area contributed by atoms with Crippen LogP contribution in [0.1, 0.15) is 50.9 Å². The number of hydrogen-bond acceptors (Lipinski definition) is 0. The molecule has 0 nitrogen and oxygen atoms in total. The second-order valence-electron chi connectivity index (χ2n) is 7.54. The van der Waals surface area contributed by atoms with Crippen molar-refractivity contribution in [3.05, 3.63) is 80.9 Å². The molecule has 0 aromatic heterocycles. The van der Waals surface area contributed by atoms with Crippen LogP contribution in [0.5, 0.6) is 0 Å². The molecule has 0 radical (unpaired) electrons. The maximum Gasteiger partial charge on any atom is 0.0909 e. The quantitative estimate of drug-likeness (QED) is 0.426. The van der Waals surface area contributed by atoms with Gasteiger partial charge in [0.25, 0.3) is 0 Å². The van der Waals surface area contributed by atoms with E-state index in [2.05, 4.69) is 76.3 Å². The van der Waals surface area contributed by atoms with Crippen molar-refractivity contribution in [1.29, 1.82) is 0 Å². The third-order valence-electron chi connectivity index (χ3n) is 5.72. The van der Waals surface area contributed by atoms with Crippen molar-refractivity contribution in [3.63, 3.8) is 0 Å². The minimum Gasteiger partial charge on any atom is -0.109 e. The van der Waals surface area contributed by atoms with E-state index in [0.29, 0.717) is 6.42 Å². The fourth-order valence-corrected chi connectivity index (χ4v) is 5.58. The van der Waals surface area contributed by atoms with E-state index in [9.17, 15) is 0 Å². The summed E-state index contributed by atoms with van der Waals surface area (Å²) in [5.41, 5.74) is 9.89. The van der Waals surface area contributed by atoms with E-state index < -0.39 is 9.75 Å². The van der Waals surface area contributed by atoms with Crippen molar-refractivity contribution in [2.75, 3.05) is 0 Å². The second kappa shape index (κ2) is 6.77. The number of alkyl halides is 2. The Morgan fingerprint density at radius 2 is 1.00 bits per heavy atom. The van der Waals surface area contributed by atoms with Crippen molar-refractivity contribution in [2.45, 2.75) is 43.9 Å². The molecule has 2 aromatic carbocycles. The number of allylic oxidation sites excluding steroid dienone is 2. The van der Waals surface area contributed by atoms with E-state index in [1.165, 1.54) is 44.5 Å². The fourth-order valence-electron chi connectivity index (χ4n) is 4.46. The topological polar surface area (TPSA) is 0 Å². The third kappa shape index (κ3) is 2.92. The first-order valence-corrected chi connectivity index (χ1v) is 9.48. The van der Waals surface area contributed by atoms with Crippen molar-refractivity contribution < 1.29 is 26.2 Å². The van der Waals surface area contributed by atoms with Gasteiger partial charge in [-0.2, -0.15) is 0 Å². The van der Waals surface area contributed by atoms with E-state index in [-0.39, 0.29) is 26.2 Å². The summed E-state index contributed by atoms with van der Waals surface area (Å²) >= 11 is 14.4. The summed E-state index contributed by atoms with van der Waals surface area (Å²) in [6, 6.07) is 8.64. The molecule has 0 saturated carbocycles. The molecule has 2 aliphatic carbocycles. The molecule has 2 unspecified atom stereocenters. The molecule has 0 aliphatic heterocycles. The predicted molar refractivity (Wildman–Crippen MR) is 110 cm³/mol. The molecule has 2 atom stereocenters. The van der Waals surface area contributed by atoms with Crippen LogP contribution < -0.4 is 0 Å². The van der Waals surface area contributed by atoms with Gasteiger partial charge >= 0.3 is 0 Å². The molecule has 132 valence electrons. The zero-order chi connectivity index (χ0) is 18.0. The predicted octanol–water partition coefficient (Wildman–Crippen LogP) is 6.93. The average Bonchev–Trinajstić information content (AvgIpc) is 3.07. The molecule has 2 aliphatic rings. The van der Waals surface area contributed by atoms with Gasteiger partial charge in [0.1, 0.15) is 0 Å². The summed E-state index contributed by atoms with van der Waals surface area (Å²) in [6.45, 7) is 8.55. The third-order valence-corrected chi connectivity index (χ3v) is 6.61. The van der Waals surface area contributed by atoms with Crippen LogP contribution in [0, 0.1) is 27.7 Å². The zero-order valence-electron chi connectivity index (χ0n) is 15.6. The Bertz CT molecular complexity index is 880.